The summed E-state index contributed by atoms with van der Waals surface area (Å²) in [6.07, 6.45) is 8.44. The molecule has 2 saturated heterocycles. The molecule has 3 heterocycles. The number of nitrogens with zero attached hydrogens (tertiary/aromatic N) is 3. The number of amides is 1. The number of carbonyl (C=O) groups is 1. The van der Waals surface area contributed by atoms with Crippen LogP contribution in [-0.2, 0) is 16.0 Å². The summed E-state index contributed by atoms with van der Waals surface area (Å²) < 4.78 is 5.54. The van der Waals surface area contributed by atoms with Gasteiger partial charge in [0.2, 0.25) is 5.91 Å². The van der Waals surface area contributed by atoms with Crippen molar-refractivity contribution in [3.63, 3.8) is 0 Å². The lowest BCUT2D eigenvalue weighted by molar-refractivity contribution is -0.132. The molecule has 1 atom stereocenters. The number of pyridine rings is 1. The van der Waals surface area contributed by atoms with Gasteiger partial charge in [-0.25, -0.2) is 0 Å². The van der Waals surface area contributed by atoms with Gasteiger partial charge in [0.05, 0.1) is 12.3 Å². The second-order valence-electron chi connectivity index (χ2n) is 9.31. The maximum atomic E-state index is 12.4. The van der Waals surface area contributed by atoms with Gasteiger partial charge in [-0.1, -0.05) is 24.3 Å². The summed E-state index contributed by atoms with van der Waals surface area (Å²) >= 11 is 0. The topological polar surface area (TPSA) is 45.7 Å². The lowest BCUT2D eigenvalue weighted by Crippen LogP contribution is -2.49. The van der Waals surface area contributed by atoms with Crippen LogP contribution < -0.4 is 4.90 Å². The molecule has 160 valence electrons. The van der Waals surface area contributed by atoms with Crippen molar-refractivity contribution in [1.29, 1.82) is 0 Å². The zero-order valence-electron chi connectivity index (χ0n) is 17.9. The molecule has 4 aliphatic rings. The Labute approximate surface area is 183 Å². The van der Waals surface area contributed by atoms with Crippen LogP contribution in [0.5, 0.6) is 0 Å². The minimum atomic E-state index is 0.315. The van der Waals surface area contributed by atoms with E-state index < -0.39 is 0 Å². The number of rotatable bonds is 4. The first-order valence-electron chi connectivity index (χ1n) is 11.7. The fraction of sp³-hybridized carbons (Fsp3) is 0.462. The molecule has 3 fully saturated rings. The SMILES string of the molecule is O=C(C1CC1)N1CCN(c2ccnc3c2C=C(c2ccc(C4CCOC4)cc2)C3)CC1. The van der Waals surface area contributed by atoms with Gasteiger partial charge in [0.25, 0.3) is 0 Å². The number of allylic oxidation sites excluding steroid dienone is 1. The quantitative estimate of drug-likeness (QED) is 0.763. The van der Waals surface area contributed by atoms with Gasteiger partial charge < -0.3 is 14.5 Å². The van der Waals surface area contributed by atoms with Crippen molar-refractivity contribution in [2.24, 2.45) is 5.92 Å². The van der Waals surface area contributed by atoms with Crippen molar-refractivity contribution < 1.29 is 9.53 Å². The third-order valence-electron chi connectivity index (χ3n) is 7.27. The Morgan fingerprint density at radius 1 is 1.00 bits per heavy atom. The summed E-state index contributed by atoms with van der Waals surface area (Å²) in [5, 5.41) is 0. The molecule has 6 rings (SSSR count). The van der Waals surface area contributed by atoms with Crippen LogP contribution in [-0.4, -0.2) is 55.2 Å². The van der Waals surface area contributed by atoms with Crippen LogP contribution in [0.25, 0.3) is 11.6 Å². The van der Waals surface area contributed by atoms with Crippen LogP contribution in [0.1, 0.15) is 47.6 Å². The van der Waals surface area contributed by atoms with Crippen molar-refractivity contribution >= 4 is 23.2 Å². The van der Waals surface area contributed by atoms with Gasteiger partial charge >= 0.3 is 0 Å². The minimum Gasteiger partial charge on any atom is -0.381 e. The first-order chi connectivity index (χ1) is 15.3. The van der Waals surface area contributed by atoms with Gasteiger partial charge in [0.15, 0.2) is 0 Å². The van der Waals surface area contributed by atoms with E-state index in [-0.39, 0.29) is 0 Å². The van der Waals surface area contributed by atoms with Gasteiger partial charge in [-0.05, 0) is 48.1 Å². The zero-order valence-corrected chi connectivity index (χ0v) is 17.9. The number of piperazine rings is 1. The van der Waals surface area contributed by atoms with E-state index >= 15 is 0 Å². The molecule has 1 saturated carbocycles. The Morgan fingerprint density at radius 3 is 2.52 bits per heavy atom. The van der Waals surface area contributed by atoms with E-state index in [1.807, 2.05) is 6.20 Å². The normalized spacial score (nSPS) is 23.1. The standard InChI is InChI=1S/C26H29N3O2/c30-26(20-5-6-20)29-12-10-28(11-13-29)25-7-9-27-24-16-22(15-23(24)25)19-3-1-18(2-4-19)21-8-14-31-17-21/h1-4,7,9,15,20-21H,5-6,8,10-14,16-17H2. The van der Waals surface area contributed by atoms with Crippen molar-refractivity contribution in [2.45, 2.75) is 31.6 Å². The minimum absolute atomic E-state index is 0.315. The molecule has 0 radical (unpaired) electrons. The molecule has 1 unspecified atom stereocenters. The van der Waals surface area contributed by atoms with Crippen LogP contribution in [0.2, 0.25) is 0 Å². The Kier molecular flexibility index (Phi) is 4.79. The van der Waals surface area contributed by atoms with Crippen molar-refractivity contribution in [3.8, 4) is 0 Å². The molecular weight excluding hydrogens is 386 g/mol. The number of hydrogen-bond donors (Lipinski definition) is 0. The number of hydrogen-bond acceptors (Lipinski definition) is 4. The largest absolute Gasteiger partial charge is 0.381 e. The van der Waals surface area contributed by atoms with Crippen molar-refractivity contribution in [3.05, 3.63) is 58.9 Å². The first kappa shape index (κ1) is 19.1. The van der Waals surface area contributed by atoms with Crippen LogP contribution in [0.4, 0.5) is 5.69 Å². The Bertz CT molecular complexity index is 1010. The molecule has 0 bridgehead atoms. The lowest BCUT2D eigenvalue weighted by Gasteiger charge is -2.37. The molecule has 0 spiro atoms. The molecule has 2 aliphatic heterocycles. The molecule has 2 aliphatic carbocycles. The van der Waals surface area contributed by atoms with E-state index in [1.54, 1.807) is 0 Å². The lowest BCUT2D eigenvalue weighted by atomic mass is 9.95. The van der Waals surface area contributed by atoms with Crippen LogP contribution in [0, 0.1) is 5.92 Å². The third-order valence-corrected chi connectivity index (χ3v) is 7.27. The van der Waals surface area contributed by atoms with Crippen molar-refractivity contribution in [1.82, 2.24) is 9.88 Å². The van der Waals surface area contributed by atoms with E-state index in [4.69, 9.17) is 4.74 Å². The van der Waals surface area contributed by atoms with E-state index in [9.17, 15) is 4.79 Å². The number of benzene rings is 1. The Hall–Kier alpha value is -2.66. The number of carbonyl (C=O) groups excluding carboxylic acids is 1. The summed E-state index contributed by atoms with van der Waals surface area (Å²) in [6, 6.07) is 11.2. The Balaban J connectivity index is 1.19. The highest BCUT2D eigenvalue weighted by atomic mass is 16.5. The highest BCUT2D eigenvalue weighted by molar-refractivity contribution is 5.92. The fourth-order valence-electron chi connectivity index (χ4n) is 5.19. The smallest absolute Gasteiger partial charge is 0.225 e. The molecule has 1 aromatic heterocycles. The number of anilines is 1. The van der Waals surface area contributed by atoms with Crippen LogP contribution >= 0.6 is 0 Å². The molecule has 0 N–H and O–H groups in total. The summed E-state index contributed by atoms with van der Waals surface area (Å²) in [4.78, 5) is 21.6. The summed E-state index contributed by atoms with van der Waals surface area (Å²) in [6.45, 7) is 5.18. The average Bonchev–Trinajstić information content (AvgIpc) is 3.33. The number of aromatic nitrogens is 1. The van der Waals surface area contributed by atoms with Gasteiger partial charge in [-0.3, -0.25) is 9.78 Å². The molecule has 2 aromatic rings. The van der Waals surface area contributed by atoms with Crippen molar-refractivity contribution in [2.75, 3.05) is 44.3 Å². The molecule has 5 heteroatoms. The van der Waals surface area contributed by atoms with Gasteiger partial charge in [-0.2, -0.15) is 0 Å². The second kappa shape index (κ2) is 7.79. The molecule has 1 amide bonds. The van der Waals surface area contributed by atoms with Crippen LogP contribution in [0.3, 0.4) is 0 Å². The monoisotopic (exact) mass is 415 g/mol. The average molecular weight is 416 g/mol. The summed E-state index contributed by atoms with van der Waals surface area (Å²) in [5.74, 6) is 1.23. The molecular formula is C26H29N3O2. The Morgan fingerprint density at radius 2 is 1.81 bits per heavy atom. The fourth-order valence-corrected chi connectivity index (χ4v) is 5.19. The number of fused-ring (bicyclic) bond motifs is 1. The third kappa shape index (κ3) is 3.65. The molecule has 1 aromatic carbocycles. The van der Waals surface area contributed by atoms with E-state index in [1.165, 1.54) is 28.0 Å². The molecule has 31 heavy (non-hydrogen) atoms. The maximum absolute atomic E-state index is 12.4. The van der Waals surface area contributed by atoms with E-state index in [2.05, 4.69) is 51.2 Å². The first-order valence-corrected chi connectivity index (χ1v) is 11.7. The predicted molar refractivity (Wildman–Crippen MR) is 122 cm³/mol. The van der Waals surface area contributed by atoms with Gasteiger partial charge in [0, 0.05) is 68.5 Å². The number of ether oxygens (including phenoxy) is 1. The molecule has 5 nitrogen and oxygen atoms in total. The zero-order chi connectivity index (χ0) is 20.8. The highest BCUT2D eigenvalue weighted by Crippen LogP contribution is 2.37. The summed E-state index contributed by atoms with van der Waals surface area (Å²) in [7, 11) is 0. The van der Waals surface area contributed by atoms with E-state index in [0.29, 0.717) is 17.7 Å². The second-order valence-corrected chi connectivity index (χ2v) is 9.31. The van der Waals surface area contributed by atoms with Gasteiger partial charge in [0.1, 0.15) is 0 Å². The maximum Gasteiger partial charge on any atom is 0.225 e. The van der Waals surface area contributed by atoms with Crippen LogP contribution in [0.15, 0.2) is 36.5 Å². The highest BCUT2D eigenvalue weighted by Gasteiger charge is 2.35. The van der Waals surface area contributed by atoms with E-state index in [0.717, 1.165) is 70.8 Å². The van der Waals surface area contributed by atoms with Gasteiger partial charge in [-0.15, -0.1) is 0 Å². The summed E-state index contributed by atoms with van der Waals surface area (Å²) in [5.41, 5.74) is 7.69. The predicted octanol–water partition coefficient (Wildman–Crippen LogP) is 3.74.